The second-order valence-electron chi connectivity index (χ2n) is 2.72. The smallest absolute Gasteiger partial charge is 0.258 e. The molecule has 2 aromatic heterocycles. The number of ketones is 1. The number of hydrogen-bond donors (Lipinski definition) is 0. The summed E-state index contributed by atoms with van der Waals surface area (Å²) in [5.74, 6) is 0.212. The number of hydrogen-bond acceptors (Lipinski definition) is 5. The van der Waals surface area contributed by atoms with Gasteiger partial charge in [-0.2, -0.15) is 4.98 Å². The predicted octanol–water partition coefficient (Wildman–Crippen LogP) is 1.33. The van der Waals surface area contributed by atoms with Crippen LogP contribution in [0.5, 0.6) is 0 Å². The molecule has 0 amide bonds. The third-order valence-electron chi connectivity index (χ3n) is 1.67. The van der Waals surface area contributed by atoms with Gasteiger partial charge in [0.25, 0.3) is 5.89 Å². The zero-order chi connectivity index (χ0) is 9.97. The summed E-state index contributed by atoms with van der Waals surface area (Å²) in [6.07, 6.45) is 3.24. The number of aromatic nitrogens is 3. The van der Waals surface area contributed by atoms with Gasteiger partial charge in [0.15, 0.2) is 0 Å². The summed E-state index contributed by atoms with van der Waals surface area (Å²) in [6, 6.07) is 3.47. The molecule has 0 N–H and O–H groups in total. The third kappa shape index (κ3) is 1.52. The van der Waals surface area contributed by atoms with Gasteiger partial charge >= 0.3 is 0 Å². The van der Waals surface area contributed by atoms with Crippen LogP contribution in [0.4, 0.5) is 0 Å². The van der Waals surface area contributed by atoms with Gasteiger partial charge in [-0.05, 0) is 12.1 Å². The molecule has 0 aromatic carbocycles. The highest BCUT2D eigenvalue weighted by molar-refractivity contribution is 5.90. The first-order valence-electron chi connectivity index (χ1n) is 4.02. The first kappa shape index (κ1) is 8.55. The fraction of sp³-hybridized carbons (Fsp3) is 0.111. The van der Waals surface area contributed by atoms with Crippen LogP contribution < -0.4 is 0 Å². The van der Waals surface area contributed by atoms with E-state index in [9.17, 15) is 4.79 Å². The molecule has 2 aromatic rings. The van der Waals surface area contributed by atoms with Crippen LogP contribution in [0, 0.1) is 0 Å². The van der Waals surface area contributed by atoms with Crippen LogP contribution in [0.3, 0.4) is 0 Å². The molecule has 0 aliphatic heterocycles. The zero-order valence-corrected chi connectivity index (χ0v) is 7.47. The van der Waals surface area contributed by atoms with Gasteiger partial charge in [-0.1, -0.05) is 5.16 Å². The molecular formula is C9H7N3O2. The number of nitrogens with zero attached hydrogens (tertiary/aromatic N) is 3. The van der Waals surface area contributed by atoms with Crippen molar-refractivity contribution in [1.82, 2.24) is 15.1 Å². The Morgan fingerprint density at radius 1 is 1.36 bits per heavy atom. The molecular weight excluding hydrogens is 182 g/mol. The van der Waals surface area contributed by atoms with Crippen LogP contribution in [0.15, 0.2) is 29.0 Å². The molecule has 5 heteroatoms. The highest BCUT2D eigenvalue weighted by Crippen LogP contribution is 2.15. The van der Waals surface area contributed by atoms with Crippen molar-refractivity contribution in [1.29, 1.82) is 0 Å². The van der Waals surface area contributed by atoms with Gasteiger partial charge in [0.2, 0.25) is 11.6 Å². The van der Waals surface area contributed by atoms with Gasteiger partial charge in [0.05, 0.1) is 0 Å². The van der Waals surface area contributed by atoms with Crippen LogP contribution in [-0.2, 0) is 0 Å². The van der Waals surface area contributed by atoms with Crippen molar-refractivity contribution in [3.05, 3.63) is 30.4 Å². The summed E-state index contributed by atoms with van der Waals surface area (Å²) >= 11 is 0. The molecule has 0 saturated heterocycles. The van der Waals surface area contributed by atoms with Crippen molar-refractivity contribution < 1.29 is 9.32 Å². The van der Waals surface area contributed by atoms with E-state index in [2.05, 4.69) is 15.1 Å². The zero-order valence-electron chi connectivity index (χ0n) is 7.47. The summed E-state index contributed by atoms with van der Waals surface area (Å²) in [7, 11) is 0. The van der Waals surface area contributed by atoms with Gasteiger partial charge < -0.3 is 4.52 Å². The molecule has 2 rings (SSSR count). The lowest BCUT2D eigenvalue weighted by Crippen LogP contribution is -1.93. The van der Waals surface area contributed by atoms with E-state index in [-0.39, 0.29) is 11.6 Å². The Morgan fingerprint density at radius 3 is 2.64 bits per heavy atom. The van der Waals surface area contributed by atoms with Crippen LogP contribution in [0.1, 0.15) is 17.5 Å². The second-order valence-corrected chi connectivity index (χ2v) is 2.72. The highest BCUT2D eigenvalue weighted by atomic mass is 16.5. The van der Waals surface area contributed by atoms with E-state index in [1.807, 2.05) is 0 Å². The minimum atomic E-state index is -0.214. The first-order valence-corrected chi connectivity index (χ1v) is 4.02. The van der Waals surface area contributed by atoms with Gasteiger partial charge in [-0.25, -0.2) is 0 Å². The SMILES string of the molecule is CC(=O)c1noc(-c2ccncc2)n1. The summed E-state index contributed by atoms with van der Waals surface area (Å²) < 4.78 is 4.90. The van der Waals surface area contributed by atoms with Gasteiger partial charge in [-0.15, -0.1) is 0 Å². The van der Waals surface area contributed by atoms with Crippen molar-refractivity contribution in [3.63, 3.8) is 0 Å². The molecule has 0 unspecified atom stereocenters. The number of pyridine rings is 1. The lowest BCUT2D eigenvalue weighted by atomic mass is 10.3. The maximum absolute atomic E-state index is 10.9. The predicted molar refractivity (Wildman–Crippen MR) is 47.5 cm³/mol. The van der Waals surface area contributed by atoms with Crippen LogP contribution in [0.25, 0.3) is 11.5 Å². The normalized spacial score (nSPS) is 10.1. The molecule has 0 bridgehead atoms. The second kappa shape index (κ2) is 3.37. The Kier molecular flexibility index (Phi) is 2.06. The average molecular weight is 189 g/mol. The third-order valence-corrected chi connectivity index (χ3v) is 1.67. The molecule has 0 atom stereocenters. The van der Waals surface area contributed by atoms with Crippen molar-refractivity contribution in [2.24, 2.45) is 0 Å². The molecule has 5 nitrogen and oxygen atoms in total. The molecule has 2 heterocycles. The minimum Gasteiger partial charge on any atom is -0.334 e. The Bertz CT molecular complexity index is 450. The van der Waals surface area contributed by atoms with E-state index >= 15 is 0 Å². The van der Waals surface area contributed by atoms with Crippen LogP contribution >= 0.6 is 0 Å². The monoisotopic (exact) mass is 189 g/mol. The van der Waals surface area contributed by atoms with E-state index in [0.717, 1.165) is 5.56 Å². The van der Waals surface area contributed by atoms with E-state index < -0.39 is 0 Å². The molecule has 0 spiro atoms. The van der Waals surface area contributed by atoms with Crippen molar-refractivity contribution >= 4 is 5.78 Å². The number of Topliss-reactive ketones (excluding diaryl/α,β-unsaturated/α-hetero) is 1. The molecule has 0 aliphatic rings. The van der Waals surface area contributed by atoms with Crippen molar-refractivity contribution in [2.45, 2.75) is 6.92 Å². The molecule has 0 fully saturated rings. The minimum absolute atomic E-state index is 0.0943. The topological polar surface area (TPSA) is 68.9 Å². The lowest BCUT2D eigenvalue weighted by Gasteiger charge is -1.89. The maximum Gasteiger partial charge on any atom is 0.258 e. The average Bonchev–Trinajstić information content (AvgIpc) is 2.68. The standard InChI is InChI=1S/C9H7N3O2/c1-6(13)8-11-9(14-12-8)7-2-4-10-5-3-7/h2-5H,1H3. The van der Waals surface area contributed by atoms with E-state index in [1.165, 1.54) is 6.92 Å². The van der Waals surface area contributed by atoms with Crippen LogP contribution in [-0.4, -0.2) is 20.9 Å². The summed E-state index contributed by atoms with van der Waals surface area (Å²) in [5, 5.41) is 3.54. The number of carbonyl (C=O) groups excluding carboxylic acids is 1. The highest BCUT2D eigenvalue weighted by Gasteiger charge is 2.10. The van der Waals surface area contributed by atoms with Crippen molar-refractivity contribution in [3.8, 4) is 11.5 Å². The maximum atomic E-state index is 10.9. The summed E-state index contributed by atoms with van der Waals surface area (Å²) in [4.78, 5) is 18.7. The molecule has 0 radical (unpaired) electrons. The summed E-state index contributed by atoms with van der Waals surface area (Å²) in [5.41, 5.74) is 0.750. The fourth-order valence-electron chi connectivity index (χ4n) is 0.978. The Balaban J connectivity index is 2.39. The number of rotatable bonds is 2. The lowest BCUT2D eigenvalue weighted by molar-refractivity contribution is 0.100. The molecule has 70 valence electrons. The Morgan fingerprint density at radius 2 is 2.07 bits per heavy atom. The van der Waals surface area contributed by atoms with Gasteiger partial charge in [-0.3, -0.25) is 9.78 Å². The van der Waals surface area contributed by atoms with Gasteiger partial charge in [0.1, 0.15) is 0 Å². The largest absolute Gasteiger partial charge is 0.334 e. The van der Waals surface area contributed by atoms with E-state index in [0.29, 0.717) is 5.89 Å². The summed E-state index contributed by atoms with van der Waals surface area (Å²) in [6.45, 7) is 1.39. The molecule has 0 saturated carbocycles. The quantitative estimate of drug-likeness (QED) is 0.666. The van der Waals surface area contributed by atoms with Crippen LogP contribution in [0.2, 0.25) is 0 Å². The molecule has 0 aliphatic carbocycles. The molecule has 14 heavy (non-hydrogen) atoms. The Hall–Kier alpha value is -2.04. The van der Waals surface area contributed by atoms with Crippen molar-refractivity contribution in [2.75, 3.05) is 0 Å². The van der Waals surface area contributed by atoms with E-state index in [1.54, 1.807) is 24.5 Å². The fourth-order valence-corrected chi connectivity index (χ4v) is 0.978. The van der Waals surface area contributed by atoms with Gasteiger partial charge in [0, 0.05) is 24.9 Å². The number of carbonyl (C=O) groups is 1. The van der Waals surface area contributed by atoms with E-state index in [4.69, 9.17) is 4.52 Å². The first-order chi connectivity index (χ1) is 6.77. The Labute approximate surface area is 79.8 Å².